The van der Waals surface area contributed by atoms with Crippen LogP contribution in [0.5, 0.6) is 11.5 Å². The fourth-order valence-corrected chi connectivity index (χ4v) is 3.29. The van der Waals surface area contributed by atoms with Crippen LogP contribution in [-0.2, 0) is 0 Å². The van der Waals surface area contributed by atoms with Crippen molar-refractivity contribution in [2.24, 2.45) is 0 Å². The maximum atomic E-state index is 12.7. The number of fused-ring (bicyclic) bond motifs is 1. The van der Waals surface area contributed by atoms with Crippen molar-refractivity contribution in [2.75, 3.05) is 19.0 Å². The monoisotopic (exact) mass is 399 g/mol. The van der Waals surface area contributed by atoms with Crippen molar-refractivity contribution >= 4 is 38.3 Å². The zero-order valence-electron chi connectivity index (χ0n) is 14.0. The minimum atomic E-state index is -0.208. The first-order chi connectivity index (χ1) is 12.1. The third-order valence-electron chi connectivity index (χ3n) is 3.81. The lowest BCUT2D eigenvalue weighted by Crippen LogP contribution is -2.13. The topological polar surface area (TPSA) is 47.6 Å². The molecule has 3 aromatic carbocycles. The molecule has 0 aromatic heterocycles. The second-order valence-electron chi connectivity index (χ2n) is 5.40. The van der Waals surface area contributed by atoms with Crippen LogP contribution in [0, 0.1) is 0 Å². The average Bonchev–Trinajstić information content (AvgIpc) is 2.62. The van der Waals surface area contributed by atoms with Crippen LogP contribution in [0.1, 0.15) is 17.3 Å². The Labute approximate surface area is 154 Å². The maximum Gasteiger partial charge on any atom is 0.255 e. The van der Waals surface area contributed by atoms with Gasteiger partial charge >= 0.3 is 0 Å². The van der Waals surface area contributed by atoms with E-state index in [1.165, 1.54) is 0 Å². The third-order valence-corrected chi connectivity index (χ3v) is 4.40. The van der Waals surface area contributed by atoms with Gasteiger partial charge in [-0.2, -0.15) is 0 Å². The number of rotatable bonds is 5. The van der Waals surface area contributed by atoms with Gasteiger partial charge in [-0.15, -0.1) is 0 Å². The van der Waals surface area contributed by atoms with E-state index in [-0.39, 0.29) is 5.91 Å². The molecule has 25 heavy (non-hydrogen) atoms. The van der Waals surface area contributed by atoms with Gasteiger partial charge in [0.25, 0.3) is 5.91 Å². The van der Waals surface area contributed by atoms with Crippen LogP contribution in [0.4, 0.5) is 5.69 Å². The lowest BCUT2D eigenvalue weighted by molar-refractivity contribution is 0.102. The van der Waals surface area contributed by atoms with E-state index in [0.717, 1.165) is 16.5 Å². The standard InChI is InChI=1S/C20H18BrNO3/c1-3-25-18-12-14(11-16(21)19(18)24-2)20(23)22-17-10-6-8-13-7-4-5-9-15(13)17/h4-12H,3H2,1-2H3,(H,22,23). The first-order valence-electron chi connectivity index (χ1n) is 7.93. The molecule has 0 heterocycles. The molecule has 0 aliphatic carbocycles. The van der Waals surface area contributed by atoms with Crippen molar-refractivity contribution in [1.82, 2.24) is 0 Å². The summed E-state index contributed by atoms with van der Waals surface area (Å²) in [6.07, 6.45) is 0. The molecule has 0 aliphatic heterocycles. The highest BCUT2D eigenvalue weighted by molar-refractivity contribution is 9.10. The van der Waals surface area contributed by atoms with Gasteiger partial charge < -0.3 is 14.8 Å². The number of benzene rings is 3. The van der Waals surface area contributed by atoms with Gasteiger partial charge in [-0.05, 0) is 46.4 Å². The quantitative estimate of drug-likeness (QED) is 0.636. The van der Waals surface area contributed by atoms with Crippen molar-refractivity contribution in [3.8, 4) is 11.5 Å². The van der Waals surface area contributed by atoms with Crippen LogP contribution in [0.3, 0.4) is 0 Å². The van der Waals surface area contributed by atoms with E-state index in [1.807, 2.05) is 49.4 Å². The zero-order valence-corrected chi connectivity index (χ0v) is 15.6. The van der Waals surface area contributed by atoms with Crippen LogP contribution in [0.15, 0.2) is 59.1 Å². The largest absolute Gasteiger partial charge is 0.492 e. The Morgan fingerprint density at radius 3 is 2.64 bits per heavy atom. The number of carbonyl (C=O) groups is 1. The first kappa shape index (κ1) is 17.3. The number of hydrogen-bond acceptors (Lipinski definition) is 3. The Kier molecular flexibility index (Phi) is 5.24. The van der Waals surface area contributed by atoms with Crippen LogP contribution in [0.25, 0.3) is 10.8 Å². The SMILES string of the molecule is CCOc1cc(C(=O)Nc2cccc3ccccc23)cc(Br)c1OC. The summed E-state index contributed by atoms with van der Waals surface area (Å²) < 4.78 is 11.6. The van der Waals surface area contributed by atoms with Gasteiger partial charge in [0.1, 0.15) is 0 Å². The van der Waals surface area contributed by atoms with Gasteiger partial charge in [0.15, 0.2) is 11.5 Å². The van der Waals surface area contributed by atoms with Gasteiger partial charge in [0, 0.05) is 16.6 Å². The highest BCUT2D eigenvalue weighted by Gasteiger charge is 2.16. The zero-order chi connectivity index (χ0) is 17.8. The van der Waals surface area contributed by atoms with Crippen molar-refractivity contribution < 1.29 is 14.3 Å². The third kappa shape index (κ3) is 3.61. The number of anilines is 1. The number of halogens is 1. The molecule has 4 nitrogen and oxygen atoms in total. The molecule has 0 fully saturated rings. The summed E-state index contributed by atoms with van der Waals surface area (Å²) in [6.45, 7) is 2.37. The smallest absolute Gasteiger partial charge is 0.255 e. The molecule has 0 atom stereocenters. The van der Waals surface area contributed by atoms with E-state index >= 15 is 0 Å². The Bertz CT molecular complexity index is 919. The van der Waals surface area contributed by atoms with E-state index in [0.29, 0.717) is 28.1 Å². The summed E-state index contributed by atoms with van der Waals surface area (Å²) in [5.74, 6) is 0.895. The molecule has 1 amide bonds. The molecule has 0 spiro atoms. The van der Waals surface area contributed by atoms with Crippen LogP contribution >= 0.6 is 15.9 Å². The van der Waals surface area contributed by atoms with E-state index in [2.05, 4.69) is 21.2 Å². The molecule has 0 bridgehead atoms. The predicted molar refractivity (Wildman–Crippen MR) is 104 cm³/mol. The van der Waals surface area contributed by atoms with E-state index in [9.17, 15) is 4.79 Å². The number of amides is 1. The van der Waals surface area contributed by atoms with Crippen molar-refractivity contribution in [3.63, 3.8) is 0 Å². The molecule has 3 aromatic rings. The number of hydrogen-bond donors (Lipinski definition) is 1. The molecule has 0 radical (unpaired) electrons. The second-order valence-corrected chi connectivity index (χ2v) is 6.26. The van der Waals surface area contributed by atoms with Crippen LogP contribution in [0.2, 0.25) is 0 Å². The van der Waals surface area contributed by atoms with Gasteiger partial charge in [0.2, 0.25) is 0 Å². The maximum absolute atomic E-state index is 12.7. The Balaban J connectivity index is 1.95. The van der Waals surface area contributed by atoms with Gasteiger partial charge in [-0.25, -0.2) is 0 Å². The van der Waals surface area contributed by atoms with Gasteiger partial charge in [-0.3, -0.25) is 4.79 Å². The van der Waals surface area contributed by atoms with Crippen molar-refractivity contribution in [1.29, 1.82) is 0 Å². The summed E-state index contributed by atoms with van der Waals surface area (Å²) in [4.78, 5) is 12.7. The minimum Gasteiger partial charge on any atom is -0.492 e. The molecular weight excluding hydrogens is 382 g/mol. The first-order valence-corrected chi connectivity index (χ1v) is 8.72. The summed E-state index contributed by atoms with van der Waals surface area (Å²) in [5, 5.41) is 5.05. The van der Waals surface area contributed by atoms with Crippen LogP contribution < -0.4 is 14.8 Å². The summed E-state index contributed by atoms with van der Waals surface area (Å²) in [5.41, 5.74) is 1.26. The second kappa shape index (κ2) is 7.57. The normalized spacial score (nSPS) is 10.5. The minimum absolute atomic E-state index is 0.208. The Morgan fingerprint density at radius 2 is 1.88 bits per heavy atom. The highest BCUT2D eigenvalue weighted by Crippen LogP contribution is 2.37. The number of carbonyl (C=O) groups excluding carboxylic acids is 1. The molecule has 0 saturated heterocycles. The number of nitrogens with one attached hydrogen (secondary N) is 1. The van der Waals surface area contributed by atoms with Gasteiger partial charge in [0.05, 0.1) is 18.2 Å². The average molecular weight is 400 g/mol. The molecule has 0 saturated carbocycles. The van der Waals surface area contributed by atoms with E-state index in [4.69, 9.17) is 9.47 Å². The predicted octanol–water partition coefficient (Wildman–Crippen LogP) is 5.26. The summed E-state index contributed by atoms with van der Waals surface area (Å²) in [7, 11) is 1.57. The highest BCUT2D eigenvalue weighted by atomic mass is 79.9. The van der Waals surface area contributed by atoms with E-state index in [1.54, 1.807) is 19.2 Å². The molecule has 3 rings (SSSR count). The van der Waals surface area contributed by atoms with Gasteiger partial charge in [-0.1, -0.05) is 36.4 Å². The molecule has 0 unspecified atom stereocenters. The lowest BCUT2D eigenvalue weighted by Gasteiger charge is -2.14. The number of ether oxygens (including phenoxy) is 2. The molecule has 128 valence electrons. The van der Waals surface area contributed by atoms with Crippen molar-refractivity contribution in [2.45, 2.75) is 6.92 Å². The summed E-state index contributed by atoms with van der Waals surface area (Å²) >= 11 is 3.44. The van der Waals surface area contributed by atoms with Crippen LogP contribution in [-0.4, -0.2) is 19.6 Å². The fourth-order valence-electron chi connectivity index (χ4n) is 2.69. The Morgan fingerprint density at radius 1 is 1.12 bits per heavy atom. The fraction of sp³-hybridized carbons (Fsp3) is 0.150. The lowest BCUT2D eigenvalue weighted by atomic mass is 10.1. The molecule has 0 aliphatic rings. The Hall–Kier alpha value is -2.53. The molecule has 5 heteroatoms. The van der Waals surface area contributed by atoms with E-state index < -0.39 is 0 Å². The molecule has 1 N–H and O–H groups in total. The number of methoxy groups -OCH3 is 1. The molecular formula is C20H18BrNO3. The van der Waals surface area contributed by atoms with Crippen molar-refractivity contribution in [3.05, 3.63) is 64.6 Å². The summed E-state index contributed by atoms with van der Waals surface area (Å²) in [6, 6.07) is 17.2.